The lowest BCUT2D eigenvalue weighted by atomic mass is 10.1. The van der Waals surface area contributed by atoms with Crippen LogP contribution in [0.1, 0.15) is 22.9 Å². The Bertz CT molecular complexity index is 981. The van der Waals surface area contributed by atoms with E-state index in [1.165, 1.54) is 10.5 Å². The van der Waals surface area contributed by atoms with Gasteiger partial charge in [0.2, 0.25) is 0 Å². The molecule has 3 aromatic rings. The molecule has 6 heteroatoms. The van der Waals surface area contributed by atoms with Crippen LogP contribution in [0.25, 0.3) is 5.65 Å². The van der Waals surface area contributed by atoms with E-state index in [0.29, 0.717) is 11.3 Å². The summed E-state index contributed by atoms with van der Waals surface area (Å²) in [5.74, 6) is -0.382. The van der Waals surface area contributed by atoms with Gasteiger partial charge in [-0.15, -0.1) is 0 Å². The number of carbonyl (C=O) groups is 1. The summed E-state index contributed by atoms with van der Waals surface area (Å²) >= 11 is 0. The Balaban J connectivity index is 1.79. The maximum absolute atomic E-state index is 12.6. The number of aromatic nitrogens is 2. The molecule has 6 nitrogen and oxygen atoms in total. The monoisotopic (exact) mass is 351 g/mol. The Kier molecular flexibility index (Phi) is 5.14. The van der Waals surface area contributed by atoms with Crippen molar-refractivity contribution in [1.29, 1.82) is 0 Å². The highest BCUT2D eigenvalue weighted by Crippen LogP contribution is 2.20. The third-order valence-corrected chi connectivity index (χ3v) is 4.08. The van der Waals surface area contributed by atoms with Crippen molar-refractivity contribution < 1.29 is 9.53 Å². The summed E-state index contributed by atoms with van der Waals surface area (Å²) in [4.78, 5) is 31.0. The smallest absolute Gasteiger partial charge is 0.328 e. The highest BCUT2D eigenvalue weighted by atomic mass is 16.5. The summed E-state index contributed by atoms with van der Waals surface area (Å²) in [5.41, 5.74) is 2.58. The molecular formula is C20H21N3O3. The van der Waals surface area contributed by atoms with Crippen molar-refractivity contribution in [2.75, 3.05) is 14.1 Å². The van der Waals surface area contributed by atoms with E-state index in [4.69, 9.17) is 4.74 Å². The van der Waals surface area contributed by atoms with Gasteiger partial charge in [0.1, 0.15) is 18.3 Å². The van der Waals surface area contributed by atoms with Crippen molar-refractivity contribution in [2.24, 2.45) is 0 Å². The number of fused-ring (bicyclic) bond motifs is 1. The summed E-state index contributed by atoms with van der Waals surface area (Å²) in [7, 11) is 3.64. The van der Waals surface area contributed by atoms with Crippen LogP contribution in [0.4, 0.5) is 0 Å². The molecule has 0 N–H and O–H groups in total. The van der Waals surface area contributed by atoms with E-state index in [2.05, 4.69) is 4.98 Å². The van der Waals surface area contributed by atoms with Gasteiger partial charge in [-0.3, -0.25) is 14.1 Å². The second-order valence-electron chi connectivity index (χ2n) is 6.40. The van der Waals surface area contributed by atoms with Crippen LogP contribution in [-0.4, -0.2) is 34.3 Å². The topological polar surface area (TPSA) is 63.9 Å². The minimum Gasteiger partial charge on any atom is -0.458 e. The molecule has 2 aromatic heterocycles. The van der Waals surface area contributed by atoms with Gasteiger partial charge in [0.25, 0.3) is 5.56 Å². The van der Waals surface area contributed by atoms with Gasteiger partial charge in [-0.25, -0.2) is 9.78 Å². The van der Waals surface area contributed by atoms with Crippen molar-refractivity contribution in [3.05, 3.63) is 81.9 Å². The molecule has 0 saturated carbocycles. The first-order valence-corrected chi connectivity index (χ1v) is 8.32. The second-order valence-corrected chi connectivity index (χ2v) is 6.40. The number of ether oxygens (including phenoxy) is 1. The molecule has 0 aliphatic heterocycles. The van der Waals surface area contributed by atoms with Gasteiger partial charge >= 0.3 is 5.97 Å². The molecule has 0 radical (unpaired) electrons. The van der Waals surface area contributed by atoms with Crippen molar-refractivity contribution in [2.45, 2.75) is 19.6 Å². The van der Waals surface area contributed by atoms with E-state index < -0.39 is 6.04 Å². The molecule has 3 rings (SSSR count). The number of carbonyl (C=O) groups excluding carboxylic acids is 1. The van der Waals surface area contributed by atoms with E-state index in [1.807, 2.05) is 57.4 Å². The predicted octanol–water partition coefficient (Wildman–Crippen LogP) is 2.35. The van der Waals surface area contributed by atoms with Gasteiger partial charge in [0.05, 0.1) is 5.69 Å². The number of aryl methyl sites for hydroxylation is 1. The van der Waals surface area contributed by atoms with Gasteiger partial charge in [-0.1, -0.05) is 36.4 Å². The van der Waals surface area contributed by atoms with E-state index in [-0.39, 0.29) is 18.1 Å². The Labute approximate surface area is 151 Å². The molecule has 0 spiro atoms. The average Bonchev–Trinajstić information content (AvgIpc) is 2.61. The number of esters is 1. The standard InChI is InChI=1S/C20H21N3O3/c1-14-9-10-17-21-16(11-18(24)23(17)12-14)13-26-20(25)19(22(2)3)15-7-5-4-6-8-15/h4-12,19H,13H2,1-3H3. The van der Waals surface area contributed by atoms with Crippen LogP contribution in [0.2, 0.25) is 0 Å². The number of rotatable bonds is 5. The summed E-state index contributed by atoms with van der Waals surface area (Å²) in [5, 5.41) is 0. The van der Waals surface area contributed by atoms with Crippen LogP contribution in [0, 0.1) is 6.92 Å². The van der Waals surface area contributed by atoms with Crippen LogP contribution >= 0.6 is 0 Å². The third kappa shape index (κ3) is 3.81. The van der Waals surface area contributed by atoms with Gasteiger partial charge < -0.3 is 4.74 Å². The first kappa shape index (κ1) is 17.8. The molecule has 0 fully saturated rings. The first-order valence-electron chi connectivity index (χ1n) is 8.32. The minimum atomic E-state index is -0.514. The summed E-state index contributed by atoms with van der Waals surface area (Å²) < 4.78 is 6.92. The molecule has 0 amide bonds. The summed E-state index contributed by atoms with van der Waals surface area (Å²) in [6, 6.07) is 14.0. The second kappa shape index (κ2) is 7.49. The molecule has 1 unspecified atom stereocenters. The maximum Gasteiger partial charge on any atom is 0.328 e. The van der Waals surface area contributed by atoms with E-state index in [9.17, 15) is 9.59 Å². The number of pyridine rings is 1. The van der Waals surface area contributed by atoms with Crippen molar-refractivity contribution in [3.63, 3.8) is 0 Å². The lowest BCUT2D eigenvalue weighted by Gasteiger charge is -2.22. The molecule has 0 saturated heterocycles. The predicted molar refractivity (Wildman–Crippen MR) is 98.9 cm³/mol. The molecule has 0 aliphatic carbocycles. The average molecular weight is 351 g/mol. The molecule has 2 heterocycles. The quantitative estimate of drug-likeness (QED) is 0.660. The molecule has 26 heavy (non-hydrogen) atoms. The molecular weight excluding hydrogens is 330 g/mol. The largest absolute Gasteiger partial charge is 0.458 e. The first-order chi connectivity index (χ1) is 12.5. The van der Waals surface area contributed by atoms with Crippen LogP contribution < -0.4 is 5.56 Å². The number of likely N-dealkylation sites (N-methyl/N-ethyl adjacent to an activating group) is 1. The van der Waals surface area contributed by atoms with Crippen molar-refractivity contribution in [1.82, 2.24) is 14.3 Å². The molecule has 0 aliphatic rings. The van der Waals surface area contributed by atoms with Crippen LogP contribution in [-0.2, 0) is 16.1 Å². The fraction of sp³-hybridized carbons (Fsp3) is 0.250. The Morgan fingerprint density at radius 2 is 1.92 bits per heavy atom. The van der Waals surface area contributed by atoms with E-state index in [1.54, 1.807) is 17.2 Å². The lowest BCUT2D eigenvalue weighted by molar-refractivity contribution is -0.150. The zero-order valence-corrected chi connectivity index (χ0v) is 15.0. The fourth-order valence-electron chi connectivity index (χ4n) is 2.84. The van der Waals surface area contributed by atoms with Gasteiger partial charge in [0.15, 0.2) is 0 Å². The zero-order valence-electron chi connectivity index (χ0n) is 15.0. The fourth-order valence-corrected chi connectivity index (χ4v) is 2.84. The number of nitrogens with zero attached hydrogens (tertiary/aromatic N) is 3. The Morgan fingerprint density at radius 1 is 1.19 bits per heavy atom. The van der Waals surface area contributed by atoms with Crippen LogP contribution in [0.5, 0.6) is 0 Å². The van der Waals surface area contributed by atoms with Gasteiger partial charge in [0, 0.05) is 12.3 Å². The summed E-state index contributed by atoms with van der Waals surface area (Å²) in [6.07, 6.45) is 1.73. The maximum atomic E-state index is 12.6. The van der Waals surface area contributed by atoms with Crippen molar-refractivity contribution >= 4 is 11.6 Å². The van der Waals surface area contributed by atoms with Crippen LogP contribution in [0.3, 0.4) is 0 Å². The molecule has 0 bridgehead atoms. The van der Waals surface area contributed by atoms with Gasteiger partial charge in [-0.05, 0) is 38.2 Å². The SMILES string of the molecule is Cc1ccc2nc(COC(=O)C(c3ccccc3)N(C)C)cc(=O)n2c1. The van der Waals surface area contributed by atoms with E-state index in [0.717, 1.165) is 11.1 Å². The Morgan fingerprint density at radius 3 is 2.62 bits per heavy atom. The zero-order chi connectivity index (χ0) is 18.7. The molecule has 1 atom stereocenters. The van der Waals surface area contributed by atoms with Crippen molar-refractivity contribution in [3.8, 4) is 0 Å². The molecule has 1 aromatic carbocycles. The number of hydrogen-bond donors (Lipinski definition) is 0. The summed E-state index contributed by atoms with van der Waals surface area (Å²) in [6.45, 7) is 1.86. The van der Waals surface area contributed by atoms with Gasteiger partial charge in [-0.2, -0.15) is 0 Å². The normalized spacial score (nSPS) is 12.3. The highest BCUT2D eigenvalue weighted by molar-refractivity contribution is 5.77. The third-order valence-electron chi connectivity index (χ3n) is 4.08. The minimum absolute atomic E-state index is 0.0460. The van der Waals surface area contributed by atoms with E-state index >= 15 is 0 Å². The molecule has 134 valence electrons. The number of benzene rings is 1. The number of hydrogen-bond acceptors (Lipinski definition) is 5. The lowest BCUT2D eigenvalue weighted by Crippen LogP contribution is -2.29. The highest BCUT2D eigenvalue weighted by Gasteiger charge is 2.24. The Hall–Kier alpha value is -2.99. The van der Waals surface area contributed by atoms with Crippen LogP contribution in [0.15, 0.2) is 59.5 Å².